The molecule has 0 bridgehead atoms. The quantitative estimate of drug-likeness (QED) is 0.418. The summed E-state index contributed by atoms with van der Waals surface area (Å²) < 4.78 is 7.79. The second-order valence-electron chi connectivity index (χ2n) is 7.38. The minimum absolute atomic E-state index is 0.0616. The molecule has 1 amide bonds. The molecule has 5 heteroatoms. The lowest BCUT2D eigenvalue weighted by atomic mass is 10.1. The summed E-state index contributed by atoms with van der Waals surface area (Å²) in [5.74, 6) is 1.34. The highest BCUT2D eigenvalue weighted by Crippen LogP contribution is 2.24. The molecular weight excluding hydrogens is 386 g/mol. The molecule has 0 saturated carbocycles. The highest BCUT2D eigenvalue weighted by atomic mass is 16.5. The maximum atomic E-state index is 12.4. The Morgan fingerprint density at radius 3 is 2.52 bits per heavy atom. The average Bonchev–Trinajstić information content (AvgIpc) is 3.13. The molecule has 1 N–H and O–H groups in total. The number of aryl methyl sites for hydroxylation is 1. The smallest absolute Gasteiger partial charge is 0.262 e. The van der Waals surface area contributed by atoms with E-state index in [0.717, 1.165) is 33.3 Å². The van der Waals surface area contributed by atoms with Gasteiger partial charge in [0.2, 0.25) is 0 Å². The predicted octanol–water partition coefficient (Wildman–Crippen LogP) is 5.50. The van der Waals surface area contributed by atoms with Gasteiger partial charge in [-0.25, -0.2) is 4.98 Å². The minimum atomic E-state index is -0.216. The summed E-state index contributed by atoms with van der Waals surface area (Å²) in [6.07, 6.45) is 0. The molecular formula is C26H21N3O2. The van der Waals surface area contributed by atoms with Gasteiger partial charge < -0.3 is 10.1 Å². The topological polar surface area (TPSA) is 56.1 Å². The molecule has 1 heterocycles. The Morgan fingerprint density at radius 1 is 0.903 bits per heavy atom. The zero-order valence-corrected chi connectivity index (χ0v) is 17.1. The molecule has 0 spiro atoms. The van der Waals surface area contributed by atoms with Crippen LogP contribution in [0.1, 0.15) is 5.82 Å². The third-order valence-corrected chi connectivity index (χ3v) is 5.21. The first-order valence-corrected chi connectivity index (χ1v) is 10.1. The summed E-state index contributed by atoms with van der Waals surface area (Å²) in [5, 5.41) is 5.11. The fourth-order valence-corrected chi connectivity index (χ4v) is 3.78. The van der Waals surface area contributed by atoms with Crippen molar-refractivity contribution >= 4 is 33.4 Å². The molecule has 31 heavy (non-hydrogen) atoms. The molecule has 5 nitrogen and oxygen atoms in total. The zero-order chi connectivity index (χ0) is 21.2. The Labute approximate surface area is 179 Å². The van der Waals surface area contributed by atoms with Crippen LogP contribution in [0.5, 0.6) is 5.75 Å². The Bertz CT molecular complexity index is 1390. The normalized spacial score (nSPS) is 11.0. The zero-order valence-electron chi connectivity index (χ0n) is 17.1. The fourth-order valence-electron chi connectivity index (χ4n) is 3.78. The number of anilines is 1. The summed E-state index contributed by atoms with van der Waals surface area (Å²) >= 11 is 0. The number of benzene rings is 4. The lowest BCUT2D eigenvalue weighted by Crippen LogP contribution is -2.20. The summed E-state index contributed by atoms with van der Waals surface area (Å²) in [5.41, 5.74) is 3.57. The second kappa shape index (κ2) is 7.95. The first kappa shape index (κ1) is 18.9. The van der Waals surface area contributed by atoms with E-state index in [1.165, 1.54) is 0 Å². The number of carbonyl (C=O) groups excluding carboxylic acids is 1. The van der Waals surface area contributed by atoms with Crippen molar-refractivity contribution in [3.05, 3.63) is 96.8 Å². The third kappa shape index (κ3) is 3.85. The highest BCUT2D eigenvalue weighted by molar-refractivity contribution is 5.94. The largest absolute Gasteiger partial charge is 0.484 e. The van der Waals surface area contributed by atoms with Crippen LogP contribution in [-0.4, -0.2) is 22.1 Å². The third-order valence-electron chi connectivity index (χ3n) is 5.21. The van der Waals surface area contributed by atoms with Crippen LogP contribution in [0.3, 0.4) is 0 Å². The van der Waals surface area contributed by atoms with Gasteiger partial charge in [-0.3, -0.25) is 9.36 Å². The van der Waals surface area contributed by atoms with Gasteiger partial charge in [0.05, 0.1) is 11.0 Å². The molecule has 5 rings (SSSR count). The molecule has 0 aliphatic carbocycles. The molecule has 0 aliphatic heterocycles. The monoisotopic (exact) mass is 407 g/mol. The first-order valence-electron chi connectivity index (χ1n) is 10.1. The molecule has 0 aliphatic rings. The molecule has 1 aromatic heterocycles. The summed E-state index contributed by atoms with van der Waals surface area (Å²) in [6.45, 7) is 1.91. The van der Waals surface area contributed by atoms with Gasteiger partial charge in [0.15, 0.2) is 6.61 Å². The number of carbonyl (C=O) groups is 1. The molecule has 4 aromatic carbocycles. The van der Waals surface area contributed by atoms with Crippen LogP contribution in [0.15, 0.2) is 91.0 Å². The molecule has 0 atom stereocenters. The van der Waals surface area contributed by atoms with E-state index in [1.54, 1.807) is 0 Å². The maximum Gasteiger partial charge on any atom is 0.262 e. The van der Waals surface area contributed by atoms with E-state index in [2.05, 4.69) is 14.9 Å². The maximum absolute atomic E-state index is 12.4. The highest BCUT2D eigenvalue weighted by Gasteiger charge is 2.11. The van der Waals surface area contributed by atoms with Gasteiger partial charge in [-0.05, 0) is 60.2 Å². The predicted molar refractivity (Wildman–Crippen MR) is 124 cm³/mol. The van der Waals surface area contributed by atoms with E-state index in [1.807, 2.05) is 97.9 Å². The number of nitrogens with one attached hydrogen (secondary N) is 1. The van der Waals surface area contributed by atoms with Crippen molar-refractivity contribution < 1.29 is 9.53 Å². The number of imidazole rings is 1. The van der Waals surface area contributed by atoms with Gasteiger partial charge in [-0.15, -0.1) is 0 Å². The fraction of sp³-hybridized carbons (Fsp3) is 0.0769. The molecule has 0 fully saturated rings. The first-order chi connectivity index (χ1) is 15.2. The molecule has 0 unspecified atom stereocenters. The van der Waals surface area contributed by atoms with E-state index in [9.17, 15) is 4.79 Å². The van der Waals surface area contributed by atoms with Crippen LogP contribution in [-0.2, 0) is 4.79 Å². The molecule has 5 aromatic rings. The molecule has 0 radical (unpaired) electrons. The van der Waals surface area contributed by atoms with Crippen molar-refractivity contribution in [3.8, 4) is 11.4 Å². The van der Waals surface area contributed by atoms with Gasteiger partial charge in [-0.1, -0.05) is 48.5 Å². The number of amides is 1. The van der Waals surface area contributed by atoms with E-state index in [-0.39, 0.29) is 12.5 Å². The van der Waals surface area contributed by atoms with Crippen molar-refractivity contribution in [1.29, 1.82) is 0 Å². The number of para-hydroxylation sites is 1. The number of fused-ring (bicyclic) bond motifs is 2. The van der Waals surface area contributed by atoms with Crippen LogP contribution in [0.25, 0.3) is 27.5 Å². The number of hydrogen-bond donors (Lipinski definition) is 1. The summed E-state index contributed by atoms with van der Waals surface area (Å²) in [4.78, 5) is 17.1. The van der Waals surface area contributed by atoms with Gasteiger partial charge >= 0.3 is 0 Å². The van der Waals surface area contributed by atoms with Gasteiger partial charge in [0, 0.05) is 11.4 Å². The van der Waals surface area contributed by atoms with Gasteiger partial charge in [-0.2, -0.15) is 0 Å². The van der Waals surface area contributed by atoms with Crippen molar-refractivity contribution in [2.75, 3.05) is 11.9 Å². The summed E-state index contributed by atoms with van der Waals surface area (Å²) in [6, 6.07) is 29.7. The lowest BCUT2D eigenvalue weighted by Gasteiger charge is -2.09. The van der Waals surface area contributed by atoms with E-state index >= 15 is 0 Å². The Kier molecular flexibility index (Phi) is 4.84. The number of nitrogens with zero attached hydrogens (tertiary/aromatic N) is 2. The molecule has 0 saturated heterocycles. The Balaban J connectivity index is 1.30. The number of ether oxygens (including phenoxy) is 1. The lowest BCUT2D eigenvalue weighted by molar-refractivity contribution is -0.118. The van der Waals surface area contributed by atoms with Crippen LogP contribution in [0, 0.1) is 6.92 Å². The number of rotatable bonds is 5. The van der Waals surface area contributed by atoms with Crippen LogP contribution in [0.2, 0.25) is 0 Å². The number of hydrogen-bond acceptors (Lipinski definition) is 3. The van der Waals surface area contributed by atoms with Crippen LogP contribution >= 0.6 is 0 Å². The van der Waals surface area contributed by atoms with E-state index in [4.69, 9.17) is 4.74 Å². The molecule has 152 valence electrons. The van der Waals surface area contributed by atoms with Gasteiger partial charge in [0.1, 0.15) is 11.6 Å². The SMILES string of the molecule is Cc1nc2cc(NC(=O)COc3ccc4ccccc4c3)ccc2n1-c1ccccc1. The van der Waals surface area contributed by atoms with Crippen molar-refractivity contribution in [2.24, 2.45) is 0 Å². The van der Waals surface area contributed by atoms with Crippen LogP contribution < -0.4 is 10.1 Å². The van der Waals surface area contributed by atoms with Crippen molar-refractivity contribution in [2.45, 2.75) is 6.92 Å². The van der Waals surface area contributed by atoms with Crippen LogP contribution in [0.4, 0.5) is 5.69 Å². The minimum Gasteiger partial charge on any atom is -0.484 e. The Morgan fingerprint density at radius 2 is 1.68 bits per heavy atom. The summed E-state index contributed by atoms with van der Waals surface area (Å²) in [7, 11) is 0. The second-order valence-corrected chi connectivity index (χ2v) is 7.38. The standard InChI is InChI=1S/C26H21N3O2/c1-18-27-24-16-21(12-14-25(24)29(18)22-9-3-2-4-10-22)28-26(30)17-31-23-13-11-19-7-5-6-8-20(19)15-23/h2-16H,17H2,1H3,(H,28,30). The van der Waals surface area contributed by atoms with Crippen molar-refractivity contribution in [1.82, 2.24) is 9.55 Å². The average molecular weight is 407 g/mol. The number of aromatic nitrogens is 2. The van der Waals surface area contributed by atoms with E-state index < -0.39 is 0 Å². The van der Waals surface area contributed by atoms with Gasteiger partial charge in [0.25, 0.3) is 5.91 Å². The Hall–Kier alpha value is -4.12. The van der Waals surface area contributed by atoms with E-state index in [0.29, 0.717) is 11.4 Å². The van der Waals surface area contributed by atoms with Crippen molar-refractivity contribution in [3.63, 3.8) is 0 Å².